The van der Waals surface area contributed by atoms with Crippen LogP contribution in [0, 0.1) is 10.5 Å². The Bertz CT molecular complexity index is 408. The van der Waals surface area contributed by atoms with Crippen LogP contribution >= 0.6 is 34.2 Å². The molecule has 1 heterocycles. The van der Waals surface area contributed by atoms with Crippen LogP contribution in [0.25, 0.3) is 0 Å². The lowest BCUT2D eigenvalue weighted by Crippen LogP contribution is -2.31. The summed E-state index contributed by atoms with van der Waals surface area (Å²) < 4.78 is 6.74. The topological polar surface area (TPSA) is 35.0 Å². The van der Waals surface area contributed by atoms with Gasteiger partial charge in [-0.3, -0.25) is 0 Å². The highest BCUT2D eigenvalue weighted by atomic mass is 127. The predicted molar refractivity (Wildman–Crippen MR) is 80.9 cm³/mol. The number of nitrogens with zero attached hydrogens (tertiary/aromatic N) is 2. The van der Waals surface area contributed by atoms with Crippen molar-refractivity contribution < 1.29 is 4.74 Å². The Balaban J connectivity index is 2.43. The van der Waals surface area contributed by atoms with E-state index in [1.165, 1.54) is 25.7 Å². The summed E-state index contributed by atoms with van der Waals surface area (Å²) in [6, 6.07) is 0. The molecule has 100 valence electrons. The zero-order chi connectivity index (χ0) is 13.2. The minimum absolute atomic E-state index is 0.338. The van der Waals surface area contributed by atoms with E-state index in [2.05, 4.69) is 32.6 Å². The second-order valence-corrected chi connectivity index (χ2v) is 6.29. The first kappa shape index (κ1) is 14.5. The molecule has 0 radical (unpaired) electrons. The zero-order valence-corrected chi connectivity index (χ0v) is 13.7. The van der Waals surface area contributed by atoms with Crippen LogP contribution in [0.3, 0.4) is 0 Å². The van der Waals surface area contributed by atoms with Gasteiger partial charge in [-0.25, -0.2) is 9.97 Å². The first-order valence-electron chi connectivity index (χ1n) is 6.34. The van der Waals surface area contributed by atoms with Crippen molar-refractivity contribution in [3.63, 3.8) is 0 Å². The van der Waals surface area contributed by atoms with Crippen molar-refractivity contribution in [3.8, 4) is 0 Å². The highest BCUT2D eigenvalue weighted by Gasteiger charge is 2.36. The summed E-state index contributed by atoms with van der Waals surface area (Å²) in [5.74, 6) is 0.759. The van der Waals surface area contributed by atoms with Gasteiger partial charge < -0.3 is 4.74 Å². The highest BCUT2D eigenvalue weighted by molar-refractivity contribution is 14.1. The van der Waals surface area contributed by atoms with Crippen LogP contribution in [-0.2, 0) is 10.3 Å². The Morgan fingerprint density at radius 2 is 1.78 bits per heavy atom. The van der Waals surface area contributed by atoms with E-state index in [0.717, 1.165) is 27.9 Å². The summed E-state index contributed by atoms with van der Waals surface area (Å²) in [5, 5.41) is 0.541. The fourth-order valence-electron chi connectivity index (χ4n) is 2.55. The van der Waals surface area contributed by atoms with Gasteiger partial charge >= 0.3 is 0 Å². The predicted octanol–water partition coefficient (Wildman–Crippen LogP) is 4.24. The second-order valence-electron chi connectivity index (χ2n) is 4.85. The first-order valence-corrected chi connectivity index (χ1v) is 7.80. The third kappa shape index (κ3) is 2.80. The molecule has 5 heteroatoms. The monoisotopic (exact) mass is 380 g/mol. The summed E-state index contributed by atoms with van der Waals surface area (Å²) >= 11 is 8.37. The van der Waals surface area contributed by atoms with Gasteiger partial charge in [-0.05, 0) is 42.4 Å². The Morgan fingerprint density at radius 1 is 1.17 bits per heavy atom. The normalized spacial score (nSPS) is 19.6. The molecule has 1 aromatic rings. The van der Waals surface area contributed by atoms with Crippen LogP contribution in [0.2, 0.25) is 5.15 Å². The molecule has 1 aliphatic carbocycles. The van der Waals surface area contributed by atoms with Gasteiger partial charge in [-0.15, -0.1) is 0 Å². The maximum atomic E-state index is 6.18. The number of hydrogen-bond acceptors (Lipinski definition) is 3. The maximum Gasteiger partial charge on any atom is 0.162 e. The summed E-state index contributed by atoms with van der Waals surface area (Å²) in [7, 11) is 1.76. The van der Waals surface area contributed by atoms with Gasteiger partial charge in [0.1, 0.15) is 10.8 Å². The van der Waals surface area contributed by atoms with Gasteiger partial charge in [0.15, 0.2) is 5.82 Å². The lowest BCUT2D eigenvalue weighted by molar-refractivity contribution is -0.0353. The number of aromatic nitrogens is 2. The molecule has 0 saturated heterocycles. The third-order valence-corrected chi connectivity index (χ3v) is 5.57. The molecule has 1 aliphatic rings. The molecule has 0 bridgehead atoms. The molecule has 0 amide bonds. The maximum absolute atomic E-state index is 6.18. The van der Waals surface area contributed by atoms with Crippen LogP contribution in [0.5, 0.6) is 0 Å². The van der Waals surface area contributed by atoms with Crippen molar-refractivity contribution in [2.75, 3.05) is 7.11 Å². The molecular weight excluding hydrogens is 363 g/mol. The van der Waals surface area contributed by atoms with Gasteiger partial charge in [0.25, 0.3) is 0 Å². The van der Waals surface area contributed by atoms with E-state index in [4.69, 9.17) is 16.3 Å². The van der Waals surface area contributed by atoms with Crippen molar-refractivity contribution >= 4 is 34.2 Å². The molecule has 0 aromatic carbocycles. The molecule has 1 saturated carbocycles. The van der Waals surface area contributed by atoms with E-state index in [1.54, 1.807) is 7.11 Å². The van der Waals surface area contributed by atoms with E-state index in [-0.39, 0.29) is 5.60 Å². The van der Waals surface area contributed by atoms with Crippen molar-refractivity contribution in [3.05, 3.63) is 20.2 Å². The average Bonchev–Trinajstić information content (AvgIpc) is 2.61. The molecule has 2 rings (SSSR count). The summed E-state index contributed by atoms with van der Waals surface area (Å²) in [6.07, 6.45) is 6.84. The molecule has 18 heavy (non-hydrogen) atoms. The molecule has 0 aliphatic heterocycles. The van der Waals surface area contributed by atoms with E-state index >= 15 is 0 Å². The lowest BCUT2D eigenvalue weighted by Gasteiger charge is -2.30. The van der Waals surface area contributed by atoms with Crippen molar-refractivity contribution in [2.45, 2.75) is 51.0 Å². The van der Waals surface area contributed by atoms with Gasteiger partial charge in [0, 0.05) is 7.11 Å². The molecule has 0 spiro atoms. The number of rotatable bonds is 2. The van der Waals surface area contributed by atoms with Gasteiger partial charge in [-0.1, -0.05) is 37.3 Å². The van der Waals surface area contributed by atoms with Crippen molar-refractivity contribution in [1.29, 1.82) is 0 Å². The van der Waals surface area contributed by atoms with Crippen LogP contribution in [0.1, 0.15) is 50.0 Å². The highest BCUT2D eigenvalue weighted by Crippen LogP contribution is 2.38. The number of halogens is 2. The Labute approximate surface area is 127 Å². The van der Waals surface area contributed by atoms with Gasteiger partial charge in [0.2, 0.25) is 0 Å². The van der Waals surface area contributed by atoms with Crippen LogP contribution in [0.4, 0.5) is 0 Å². The van der Waals surface area contributed by atoms with E-state index in [9.17, 15) is 0 Å². The fraction of sp³-hybridized carbons (Fsp3) is 0.692. The number of methoxy groups -OCH3 is 1. The Hall–Kier alpha value is 0.0600. The van der Waals surface area contributed by atoms with Gasteiger partial charge in [0.05, 0.1) is 9.26 Å². The van der Waals surface area contributed by atoms with E-state index in [1.807, 2.05) is 6.92 Å². The first-order chi connectivity index (χ1) is 8.59. The lowest BCUT2D eigenvalue weighted by atomic mass is 9.93. The van der Waals surface area contributed by atoms with E-state index in [0.29, 0.717) is 5.15 Å². The second kappa shape index (κ2) is 6.01. The summed E-state index contributed by atoms with van der Waals surface area (Å²) in [6.45, 7) is 1.97. The largest absolute Gasteiger partial charge is 0.370 e. The van der Waals surface area contributed by atoms with Gasteiger partial charge in [-0.2, -0.15) is 0 Å². The molecule has 1 aromatic heterocycles. The Morgan fingerprint density at radius 3 is 2.28 bits per heavy atom. The molecule has 3 nitrogen and oxygen atoms in total. The zero-order valence-electron chi connectivity index (χ0n) is 10.8. The Kier molecular flexibility index (Phi) is 4.83. The molecule has 1 fully saturated rings. The molecule has 0 atom stereocenters. The van der Waals surface area contributed by atoms with Crippen LogP contribution in [0.15, 0.2) is 0 Å². The minimum atomic E-state index is -0.338. The van der Waals surface area contributed by atoms with Crippen LogP contribution in [-0.4, -0.2) is 17.1 Å². The van der Waals surface area contributed by atoms with E-state index < -0.39 is 0 Å². The smallest absolute Gasteiger partial charge is 0.162 e. The van der Waals surface area contributed by atoms with Crippen molar-refractivity contribution in [1.82, 2.24) is 9.97 Å². The molecule has 0 N–H and O–H groups in total. The summed E-state index contributed by atoms with van der Waals surface area (Å²) in [5.41, 5.74) is 0.598. The standard InChI is InChI=1S/C13H18ClIN2O/c1-9-10(15)11(14)17-12(16-9)13(18-2)7-5-3-4-6-8-13/h3-8H2,1-2H3. The average molecular weight is 381 g/mol. The van der Waals surface area contributed by atoms with Crippen LogP contribution < -0.4 is 0 Å². The quantitative estimate of drug-likeness (QED) is 0.437. The molecule has 0 unspecified atom stereocenters. The third-order valence-electron chi connectivity index (χ3n) is 3.69. The number of ether oxygens (including phenoxy) is 1. The minimum Gasteiger partial charge on any atom is -0.370 e. The number of aryl methyl sites for hydroxylation is 1. The fourth-order valence-corrected chi connectivity index (χ4v) is 3.00. The van der Waals surface area contributed by atoms with Crippen molar-refractivity contribution in [2.24, 2.45) is 0 Å². The number of hydrogen-bond donors (Lipinski definition) is 0. The SMILES string of the molecule is COC1(c2nc(C)c(I)c(Cl)n2)CCCCCC1. The molecular formula is C13H18ClIN2O. The summed E-state index contributed by atoms with van der Waals surface area (Å²) in [4.78, 5) is 9.08.